The highest BCUT2D eigenvalue weighted by Gasteiger charge is 2.38. The molecule has 1 aromatic rings. The Morgan fingerprint density at radius 3 is 2.43 bits per heavy atom. The highest BCUT2D eigenvalue weighted by molar-refractivity contribution is 6.31. The Morgan fingerprint density at radius 2 is 1.93 bits per heavy atom. The summed E-state index contributed by atoms with van der Waals surface area (Å²) in [6.07, 6.45) is -2.33. The Labute approximate surface area is 88.1 Å². The lowest BCUT2D eigenvalue weighted by atomic mass is 10.1. The molecule has 1 aromatic carbocycles. The summed E-state index contributed by atoms with van der Waals surface area (Å²) in [5, 5.41) is 4.98. The Morgan fingerprint density at radius 1 is 1.36 bits per heavy atom. The third-order valence-electron chi connectivity index (χ3n) is 1.56. The van der Waals surface area contributed by atoms with E-state index in [9.17, 15) is 13.2 Å². The van der Waals surface area contributed by atoms with Gasteiger partial charge in [-0.15, -0.1) is 0 Å². The zero-order chi connectivity index (χ0) is 10.9. The Kier molecular flexibility index (Phi) is 3.29. The van der Waals surface area contributed by atoms with Crippen LogP contribution in [0.25, 0.3) is 0 Å². The van der Waals surface area contributed by atoms with Gasteiger partial charge in [-0.05, 0) is 29.8 Å². The molecule has 1 unspecified atom stereocenters. The zero-order valence-corrected chi connectivity index (χ0v) is 8.16. The van der Waals surface area contributed by atoms with E-state index < -0.39 is 22.9 Å². The molecule has 0 spiro atoms. The third-order valence-corrected chi connectivity index (χ3v) is 2.11. The molecule has 0 saturated carbocycles. The summed E-state index contributed by atoms with van der Waals surface area (Å²) in [4.78, 5) is 0. The zero-order valence-electron chi connectivity index (χ0n) is 6.65. The molecule has 1 nitrogen and oxygen atoms in total. The van der Waals surface area contributed by atoms with Crippen molar-refractivity contribution in [2.24, 2.45) is 0 Å². The molecule has 0 amide bonds. The van der Waals surface area contributed by atoms with Gasteiger partial charge < -0.3 is 5.11 Å². The molecule has 0 aliphatic rings. The molecule has 0 aliphatic carbocycles. The normalized spacial score (nSPS) is 14.1. The Bertz CT molecular complexity index is 338. The largest absolute Gasteiger partial charge is 0.381 e. The van der Waals surface area contributed by atoms with Crippen molar-refractivity contribution < 1.29 is 18.3 Å². The molecular weight excluding hydrogens is 240 g/mol. The van der Waals surface area contributed by atoms with E-state index in [1.807, 2.05) is 0 Å². The van der Waals surface area contributed by atoms with Crippen LogP contribution in [0.5, 0.6) is 0 Å². The van der Waals surface area contributed by atoms with Crippen molar-refractivity contribution in [2.75, 3.05) is 0 Å². The number of aliphatic hydroxyl groups excluding tert-OH is 1. The van der Waals surface area contributed by atoms with Crippen molar-refractivity contribution >= 4 is 23.2 Å². The van der Waals surface area contributed by atoms with Gasteiger partial charge in [-0.3, -0.25) is 0 Å². The molecule has 0 fully saturated rings. The van der Waals surface area contributed by atoms with Gasteiger partial charge in [0.2, 0.25) is 0 Å². The number of aliphatic hydroxyl groups is 1. The number of halogens is 5. The standard InChI is InChI=1S/C8H5Cl2F3O/c9-6-2-1-4(11)3-5(6)7(14)8(10,12)13/h1-3,7,14H. The van der Waals surface area contributed by atoms with Crippen LogP contribution in [0.15, 0.2) is 18.2 Å². The summed E-state index contributed by atoms with van der Waals surface area (Å²) in [5.41, 5.74) is -0.438. The van der Waals surface area contributed by atoms with Gasteiger partial charge in [-0.2, -0.15) is 8.78 Å². The van der Waals surface area contributed by atoms with Crippen molar-refractivity contribution in [3.05, 3.63) is 34.6 Å². The fraction of sp³-hybridized carbons (Fsp3) is 0.250. The minimum atomic E-state index is -3.88. The number of alkyl halides is 3. The van der Waals surface area contributed by atoms with Gasteiger partial charge in [0.05, 0.1) is 0 Å². The first kappa shape index (κ1) is 11.6. The Hall–Kier alpha value is -0.450. The average molecular weight is 245 g/mol. The van der Waals surface area contributed by atoms with Crippen LogP contribution in [-0.2, 0) is 0 Å². The van der Waals surface area contributed by atoms with Gasteiger partial charge in [0.1, 0.15) is 5.82 Å². The molecule has 0 aromatic heterocycles. The van der Waals surface area contributed by atoms with E-state index in [2.05, 4.69) is 11.6 Å². The van der Waals surface area contributed by atoms with E-state index in [4.69, 9.17) is 16.7 Å². The van der Waals surface area contributed by atoms with E-state index in [-0.39, 0.29) is 5.02 Å². The van der Waals surface area contributed by atoms with Crippen LogP contribution in [0.1, 0.15) is 11.7 Å². The maximum absolute atomic E-state index is 12.6. The van der Waals surface area contributed by atoms with Crippen LogP contribution in [-0.4, -0.2) is 10.5 Å². The summed E-state index contributed by atoms with van der Waals surface area (Å²) >= 11 is 10.1. The van der Waals surface area contributed by atoms with Gasteiger partial charge in [0.15, 0.2) is 6.10 Å². The van der Waals surface area contributed by atoms with Crippen LogP contribution in [0, 0.1) is 5.82 Å². The highest BCUT2D eigenvalue weighted by Crippen LogP contribution is 2.37. The molecule has 1 atom stereocenters. The highest BCUT2D eigenvalue weighted by atomic mass is 35.5. The molecule has 0 saturated heterocycles. The minimum absolute atomic E-state index is 0.167. The van der Waals surface area contributed by atoms with E-state index in [0.29, 0.717) is 6.07 Å². The smallest absolute Gasteiger partial charge is 0.351 e. The van der Waals surface area contributed by atoms with Crippen LogP contribution < -0.4 is 0 Å². The van der Waals surface area contributed by atoms with E-state index in [1.165, 1.54) is 0 Å². The van der Waals surface area contributed by atoms with Crippen LogP contribution in [0.2, 0.25) is 5.02 Å². The Balaban J connectivity index is 3.12. The van der Waals surface area contributed by atoms with Crippen molar-refractivity contribution in [3.8, 4) is 0 Å². The average Bonchev–Trinajstić information content (AvgIpc) is 2.06. The summed E-state index contributed by atoms with van der Waals surface area (Å²) in [5.74, 6) is -0.774. The predicted molar refractivity (Wildman–Crippen MR) is 47.2 cm³/mol. The first-order chi connectivity index (χ1) is 6.32. The lowest BCUT2D eigenvalue weighted by molar-refractivity contribution is -0.0425. The summed E-state index contributed by atoms with van der Waals surface area (Å²) in [6.45, 7) is 0. The van der Waals surface area contributed by atoms with Crippen molar-refractivity contribution in [1.29, 1.82) is 0 Å². The number of hydrogen-bond donors (Lipinski definition) is 1. The third kappa shape index (κ3) is 2.53. The second-order valence-corrected chi connectivity index (χ2v) is 3.52. The lowest BCUT2D eigenvalue weighted by Crippen LogP contribution is -2.19. The van der Waals surface area contributed by atoms with Gasteiger partial charge in [-0.25, -0.2) is 4.39 Å². The molecule has 0 bridgehead atoms. The SMILES string of the molecule is OC(c1cc(F)ccc1Cl)C(F)(F)Cl. The van der Waals surface area contributed by atoms with Gasteiger partial charge in [0.25, 0.3) is 0 Å². The van der Waals surface area contributed by atoms with E-state index in [0.717, 1.165) is 12.1 Å². The molecule has 14 heavy (non-hydrogen) atoms. The van der Waals surface area contributed by atoms with E-state index in [1.54, 1.807) is 0 Å². The van der Waals surface area contributed by atoms with Crippen LogP contribution >= 0.6 is 23.2 Å². The molecule has 0 aliphatic heterocycles. The first-order valence-electron chi connectivity index (χ1n) is 3.52. The fourth-order valence-electron chi connectivity index (χ4n) is 0.900. The monoisotopic (exact) mass is 244 g/mol. The molecule has 78 valence electrons. The summed E-state index contributed by atoms with van der Waals surface area (Å²) < 4.78 is 37.5. The summed E-state index contributed by atoms with van der Waals surface area (Å²) in [6, 6.07) is 2.77. The van der Waals surface area contributed by atoms with Crippen LogP contribution in [0.3, 0.4) is 0 Å². The van der Waals surface area contributed by atoms with Crippen molar-refractivity contribution in [3.63, 3.8) is 0 Å². The lowest BCUT2D eigenvalue weighted by Gasteiger charge is -2.17. The first-order valence-corrected chi connectivity index (χ1v) is 4.27. The quantitative estimate of drug-likeness (QED) is 0.792. The molecule has 0 heterocycles. The minimum Gasteiger partial charge on any atom is -0.381 e. The molecule has 1 rings (SSSR count). The number of hydrogen-bond acceptors (Lipinski definition) is 1. The number of benzene rings is 1. The molecule has 1 N–H and O–H groups in total. The molecular formula is C8H5Cl2F3O. The topological polar surface area (TPSA) is 20.2 Å². The molecule has 0 radical (unpaired) electrons. The van der Waals surface area contributed by atoms with E-state index >= 15 is 0 Å². The second-order valence-electron chi connectivity index (χ2n) is 2.61. The summed E-state index contributed by atoms with van der Waals surface area (Å²) in [7, 11) is 0. The number of rotatable bonds is 2. The molecule has 6 heteroatoms. The van der Waals surface area contributed by atoms with Gasteiger partial charge in [0, 0.05) is 10.6 Å². The predicted octanol–water partition coefficient (Wildman–Crippen LogP) is 3.34. The van der Waals surface area contributed by atoms with Crippen molar-refractivity contribution in [1.82, 2.24) is 0 Å². The van der Waals surface area contributed by atoms with Crippen molar-refractivity contribution in [2.45, 2.75) is 11.5 Å². The fourth-order valence-corrected chi connectivity index (χ4v) is 1.24. The second kappa shape index (κ2) is 3.96. The van der Waals surface area contributed by atoms with Gasteiger partial charge in [-0.1, -0.05) is 11.6 Å². The van der Waals surface area contributed by atoms with Crippen LogP contribution in [0.4, 0.5) is 13.2 Å². The maximum atomic E-state index is 12.6. The maximum Gasteiger partial charge on any atom is 0.351 e. The van der Waals surface area contributed by atoms with Gasteiger partial charge >= 0.3 is 5.38 Å².